The van der Waals surface area contributed by atoms with E-state index in [1.165, 1.54) is 70.7 Å². The molecule has 0 aliphatic heterocycles. The van der Waals surface area contributed by atoms with E-state index in [0.717, 1.165) is 67.6 Å². The van der Waals surface area contributed by atoms with Gasteiger partial charge in [-0.2, -0.15) is 0 Å². The standard InChI is InChI=1S/C27H40N2O4S.C26H38N2O4S.C19H28N2O3S.C10H19NO5.C7H16N2O2/c1-17(2)22(25(31)28(7)8)29(24(30)19-12-10-18(3)11-13-19)21-16-20(14-15-27(4,5)6)34-23(21)26(32)33-9;1-16(2)21(24(30)27(7)8)28(23(29)18-11-9-17(3)10-12-18)20-15-19(13-14-26(4,5)6)33-22(20)25(31)32;1-12(2)15(17(22)21(6)7)20-14-11-13(9-10-19(3,4)5)25-16(14)18(23)24-8;1-6(15-5)7(8(12)13)11-9(14)16-10(2,3)4;1-5(11-4)6(8)7(10)9(2)3/h16-19,22H,10-13H2,1-9H3;15-18,21H,9-12H2,1-8H3,(H,31,32);11-12,15,20H,1-8H3;6-7H,1-5H3,(H,11,14)(H,12,13);5-6H,8H2,1-4H3/t;17?,18?,21-;15-;6-,7+;5-,6+/m.0011/s1. The van der Waals surface area contributed by atoms with Crippen molar-refractivity contribution in [3.8, 4) is 35.5 Å². The van der Waals surface area contributed by atoms with E-state index in [4.69, 9.17) is 34.5 Å². The number of carboxylic acid groups (broad SMARTS) is 2. The third-order valence-electron chi connectivity index (χ3n) is 18.8. The number of carboxylic acids is 2. The van der Waals surface area contributed by atoms with Gasteiger partial charge in [0.1, 0.15) is 44.4 Å². The van der Waals surface area contributed by atoms with E-state index in [1.807, 2.05) is 110 Å². The number of esters is 2. The molecule has 6 N–H and O–H groups in total. The summed E-state index contributed by atoms with van der Waals surface area (Å²) in [6.07, 6.45) is 5.30. The molecule has 3 aromatic rings. The van der Waals surface area contributed by atoms with E-state index in [-0.39, 0.29) is 97.9 Å². The van der Waals surface area contributed by atoms with Gasteiger partial charge in [0.25, 0.3) is 0 Å². The summed E-state index contributed by atoms with van der Waals surface area (Å²) in [4.78, 5) is 149. The van der Waals surface area contributed by atoms with Crippen LogP contribution in [-0.4, -0.2) is 228 Å². The van der Waals surface area contributed by atoms with Crippen LogP contribution in [0, 0.1) is 93.2 Å². The Morgan fingerprint density at radius 3 is 1.10 bits per heavy atom. The van der Waals surface area contributed by atoms with Crippen molar-refractivity contribution in [3.63, 3.8) is 0 Å². The maximum absolute atomic E-state index is 14.0. The molecule has 0 saturated heterocycles. The average molecular weight is 1720 g/mol. The Balaban J connectivity index is 0.000000780. The summed E-state index contributed by atoms with van der Waals surface area (Å²) in [6, 6.07) is 1.62. The van der Waals surface area contributed by atoms with Gasteiger partial charge in [-0.05, 0) is 196 Å². The normalized spacial score (nSPS) is 16.9. The molecule has 0 radical (unpaired) electrons. The number of nitrogens with one attached hydrogen (secondary N) is 2. The number of aromatic carboxylic acids is 1. The molecule has 2 aliphatic rings. The van der Waals surface area contributed by atoms with Gasteiger partial charge in [-0.25, -0.2) is 24.0 Å². The number of carbonyl (C=O) groups excluding carboxylic acids is 9. The number of nitrogens with zero attached hydrogens (tertiary/aromatic N) is 6. The molecule has 3 aromatic heterocycles. The van der Waals surface area contributed by atoms with Crippen LogP contribution in [0.15, 0.2) is 18.2 Å². The van der Waals surface area contributed by atoms with Gasteiger partial charge >= 0.3 is 30.0 Å². The Morgan fingerprint density at radius 1 is 0.462 bits per heavy atom. The number of carbonyl (C=O) groups is 11. The first-order chi connectivity index (χ1) is 54.6. The SMILES string of the molecule is CC1CCC(C(=O)N(c2cc(C#CC(C)(C)C)sc2C(=O)O)[C@H](C(=O)N(C)C)C(C)C)CC1.COC(=O)c1sc(C#CC(C)(C)C)cc1N(C(=O)C1CCC(C)CC1)C(C(=O)N(C)C)C(C)C.COC(=O)c1sc(C#CC(C)(C)C)cc1N[C@H](C(=O)N(C)C)C(C)C.CO[C@H](C)[C@H](N)C(=O)N(C)C.CO[C@H](C)[C@H](NC(=O)OC(C)(C)C)C(=O)O. The van der Waals surface area contributed by atoms with Crippen LogP contribution in [0.3, 0.4) is 0 Å². The second-order valence-corrected chi connectivity index (χ2v) is 39.3. The molecule has 27 nitrogen and oxygen atoms in total. The molecule has 119 heavy (non-hydrogen) atoms. The van der Waals surface area contributed by atoms with E-state index in [2.05, 4.69) is 60.0 Å². The van der Waals surface area contributed by atoms with E-state index in [1.54, 1.807) is 113 Å². The van der Waals surface area contributed by atoms with Crippen molar-refractivity contribution in [1.29, 1.82) is 0 Å². The molecule has 668 valence electrons. The van der Waals surface area contributed by atoms with Gasteiger partial charge in [0.15, 0.2) is 6.04 Å². The van der Waals surface area contributed by atoms with E-state index in [0.29, 0.717) is 42.7 Å². The zero-order chi connectivity index (χ0) is 92.2. The number of alkyl carbamates (subject to hydrolysis) is 1. The Kier molecular flexibility index (Phi) is 44.4. The molecular weight excluding hydrogens is 1580 g/mol. The van der Waals surface area contributed by atoms with Gasteiger partial charge in [0.05, 0.1) is 58.1 Å². The first-order valence-electron chi connectivity index (χ1n) is 40.3. The number of likely N-dealkylation sites (N-methyl/N-ethyl adjacent to an activating group) is 4. The average Bonchev–Trinajstić information content (AvgIpc) is 1.70. The zero-order valence-corrected chi connectivity index (χ0v) is 79.8. The molecule has 2 saturated carbocycles. The predicted molar refractivity (Wildman–Crippen MR) is 475 cm³/mol. The number of rotatable bonds is 24. The summed E-state index contributed by atoms with van der Waals surface area (Å²) in [5, 5.41) is 24.3. The van der Waals surface area contributed by atoms with Crippen molar-refractivity contribution >= 4 is 116 Å². The maximum atomic E-state index is 14.0. The second kappa shape index (κ2) is 48.8. The van der Waals surface area contributed by atoms with Crippen molar-refractivity contribution < 1.29 is 86.6 Å². The van der Waals surface area contributed by atoms with E-state index in [9.17, 15) is 57.8 Å². The minimum absolute atomic E-state index is 0.0423. The van der Waals surface area contributed by atoms with Crippen LogP contribution >= 0.6 is 34.0 Å². The smallest absolute Gasteiger partial charge is 0.408 e. The lowest BCUT2D eigenvalue weighted by Gasteiger charge is -2.38. The minimum Gasteiger partial charge on any atom is -0.480 e. The highest BCUT2D eigenvalue weighted by Gasteiger charge is 2.44. The molecule has 3 heterocycles. The van der Waals surface area contributed by atoms with E-state index >= 15 is 0 Å². The lowest BCUT2D eigenvalue weighted by molar-refractivity contribution is -0.143. The van der Waals surface area contributed by atoms with Crippen LogP contribution in [0.2, 0.25) is 0 Å². The minimum atomic E-state index is -1.17. The molecule has 2 aliphatic carbocycles. The van der Waals surface area contributed by atoms with Gasteiger partial charge in [0.2, 0.25) is 35.4 Å². The lowest BCUT2D eigenvalue weighted by atomic mass is 9.81. The van der Waals surface area contributed by atoms with Crippen molar-refractivity contribution in [2.24, 2.45) is 63.4 Å². The van der Waals surface area contributed by atoms with Gasteiger partial charge in [-0.15, -0.1) is 34.0 Å². The van der Waals surface area contributed by atoms with Crippen molar-refractivity contribution in [2.75, 3.05) is 99.9 Å². The van der Waals surface area contributed by atoms with Crippen molar-refractivity contribution in [2.45, 2.75) is 252 Å². The maximum Gasteiger partial charge on any atom is 0.408 e. The van der Waals surface area contributed by atoms with Gasteiger partial charge < -0.3 is 69.9 Å². The van der Waals surface area contributed by atoms with Gasteiger partial charge in [0, 0.05) is 98.7 Å². The van der Waals surface area contributed by atoms with E-state index < -0.39 is 71.9 Å². The molecule has 1 unspecified atom stereocenters. The summed E-state index contributed by atoms with van der Waals surface area (Å²) >= 11 is 3.54. The van der Waals surface area contributed by atoms with Crippen LogP contribution in [0.5, 0.6) is 0 Å². The quantitative estimate of drug-likeness (QED) is 0.0316. The van der Waals surface area contributed by atoms with Crippen LogP contribution in [-0.2, 0) is 57.2 Å². The monoisotopic (exact) mass is 1720 g/mol. The molecule has 0 spiro atoms. The molecule has 0 bridgehead atoms. The predicted octanol–water partition coefficient (Wildman–Crippen LogP) is 14.2. The Morgan fingerprint density at radius 2 is 0.798 bits per heavy atom. The highest BCUT2D eigenvalue weighted by atomic mass is 32.1. The summed E-state index contributed by atoms with van der Waals surface area (Å²) in [5.41, 5.74) is 5.59. The van der Waals surface area contributed by atoms with Gasteiger partial charge in [-0.3, -0.25) is 38.6 Å². The number of nitrogens with two attached hydrogens (primary N) is 1. The van der Waals surface area contributed by atoms with Gasteiger partial charge in [-0.1, -0.05) is 90.9 Å². The number of ether oxygens (including phenoxy) is 5. The number of hydrogen-bond acceptors (Lipinski definition) is 21. The first-order valence-corrected chi connectivity index (χ1v) is 42.8. The number of methoxy groups -OCH3 is 4. The fourth-order valence-corrected chi connectivity index (χ4v) is 14.5. The van der Waals surface area contributed by atoms with Crippen LogP contribution < -0.4 is 26.2 Å². The zero-order valence-electron chi connectivity index (χ0n) is 77.4. The van der Waals surface area contributed by atoms with Crippen LogP contribution in [0.1, 0.15) is 247 Å². The largest absolute Gasteiger partial charge is 0.480 e. The molecular formula is C89H141N9O18S3. The summed E-state index contributed by atoms with van der Waals surface area (Å²) in [5.74, 6) is 15.2. The molecule has 0 aromatic carbocycles. The molecule has 2 fully saturated rings. The van der Waals surface area contributed by atoms with Crippen LogP contribution in [0.4, 0.5) is 21.9 Å². The molecule has 5 rings (SSSR count). The fraction of sp³-hybridized carbons (Fsp3) is 0.674. The second-order valence-electron chi connectivity index (χ2n) is 36.2. The third kappa shape index (κ3) is 36.3. The van der Waals surface area contributed by atoms with Crippen LogP contribution in [0.25, 0.3) is 0 Å². The Bertz CT molecular complexity index is 4070. The summed E-state index contributed by atoms with van der Waals surface area (Å²) < 4.78 is 24.6. The number of amides is 7. The number of aliphatic carboxylic acids is 1. The highest BCUT2D eigenvalue weighted by Crippen LogP contribution is 2.41. The van der Waals surface area contributed by atoms with Crippen molar-refractivity contribution in [3.05, 3.63) is 47.5 Å². The topological polar surface area (TPSA) is 344 Å². The highest BCUT2D eigenvalue weighted by molar-refractivity contribution is 7.16. The number of anilines is 3. The Labute approximate surface area is 722 Å². The Hall–Kier alpha value is -8.57. The lowest BCUT2D eigenvalue weighted by Crippen LogP contribution is -2.54. The molecule has 30 heteroatoms. The fourth-order valence-electron chi connectivity index (χ4n) is 11.9. The summed E-state index contributed by atoms with van der Waals surface area (Å²) in [7, 11) is 19.1. The van der Waals surface area contributed by atoms with Crippen molar-refractivity contribution in [1.82, 2.24) is 24.9 Å². The molecule has 7 amide bonds. The molecule has 7 atom stereocenters. The number of hydrogen-bond donors (Lipinski definition) is 5. The third-order valence-corrected chi connectivity index (χ3v) is 21.9. The number of thiophene rings is 3. The summed E-state index contributed by atoms with van der Waals surface area (Å²) in [6.45, 7) is 42.4. The first kappa shape index (κ1) is 108.